The molecule has 0 saturated carbocycles. The second-order valence-corrected chi connectivity index (χ2v) is 10.3. The summed E-state index contributed by atoms with van der Waals surface area (Å²) < 4.78 is 57.2. The summed E-state index contributed by atoms with van der Waals surface area (Å²) in [4.78, 5) is 18.3. The predicted molar refractivity (Wildman–Crippen MR) is 159 cm³/mol. The van der Waals surface area contributed by atoms with Crippen molar-refractivity contribution in [3.63, 3.8) is 0 Å². The van der Waals surface area contributed by atoms with Gasteiger partial charge in [-0.1, -0.05) is 41.9 Å². The molecule has 1 saturated heterocycles. The SMILES string of the molecule is C=CCOC(=O)N[C@@H]1CN(/C(=N\C#N)Nc2cc(C(F)(F)F)ccc2OCCN2CCOCC2)N=C1c1ccc(Cl)c(Cl)c1. The van der Waals surface area contributed by atoms with Gasteiger partial charge >= 0.3 is 12.3 Å². The molecule has 0 aliphatic carbocycles. The van der Waals surface area contributed by atoms with Crippen molar-refractivity contribution in [2.45, 2.75) is 12.2 Å². The van der Waals surface area contributed by atoms with E-state index in [-0.39, 0.29) is 42.2 Å². The molecule has 16 heteroatoms. The zero-order valence-electron chi connectivity index (χ0n) is 23.2. The maximum atomic E-state index is 13.7. The molecule has 1 atom stereocenters. The number of anilines is 1. The average molecular weight is 654 g/mol. The van der Waals surface area contributed by atoms with E-state index >= 15 is 0 Å². The third kappa shape index (κ3) is 8.76. The molecule has 2 aliphatic rings. The summed E-state index contributed by atoms with van der Waals surface area (Å²) in [7, 11) is 0. The fourth-order valence-corrected chi connectivity index (χ4v) is 4.64. The number of nitriles is 1. The Morgan fingerprint density at radius 1 is 1.23 bits per heavy atom. The molecule has 1 amide bonds. The number of amides is 1. The van der Waals surface area contributed by atoms with Crippen LogP contribution >= 0.6 is 23.2 Å². The van der Waals surface area contributed by atoms with Gasteiger partial charge in [0.15, 0.2) is 0 Å². The normalized spacial score (nSPS) is 17.5. The van der Waals surface area contributed by atoms with Crippen LogP contribution in [0.1, 0.15) is 11.1 Å². The molecule has 2 aliphatic heterocycles. The smallest absolute Gasteiger partial charge is 0.416 e. The largest absolute Gasteiger partial charge is 0.490 e. The zero-order valence-corrected chi connectivity index (χ0v) is 24.8. The van der Waals surface area contributed by atoms with Gasteiger partial charge in [0.1, 0.15) is 19.0 Å². The summed E-state index contributed by atoms with van der Waals surface area (Å²) in [5, 5.41) is 21.2. The number of alkyl halides is 3. The minimum atomic E-state index is -4.65. The van der Waals surface area contributed by atoms with Crippen LogP contribution in [0.5, 0.6) is 5.75 Å². The molecule has 234 valence electrons. The highest BCUT2D eigenvalue weighted by molar-refractivity contribution is 6.42. The number of carbonyl (C=O) groups is 1. The molecule has 2 N–H and O–H groups in total. The first-order chi connectivity index (χ1) is 21.1. The molecule has 2 aromatic carbocycles. The summed E-state index contributed by atoms with van der Waals surface area (Å²) in [5.74, 6) is -0.112. The standard InChI is InChI=1S/C28H28Cl2F3N7O4/c1-2-10-44-27(41)37-23-16-40(38-25(23)18-3-5-20(29)21(30)14-18)26(35-17-34)36-22-15-19(28(31,32)33)4-6-24(22)43-13-9-39-7-11-42-12-8-39/h2-6,14-15,23H,1,7-13,16H2,(H,35,36)(H,37,41)/t23-/m1/s1. The molecule has 0 bridgehead atoms. The molecule has 0 aromatic heterocycles. The minimum Gasteiger partial charge on any atom is -0.490 e. The highest BCUT2D eigenvalue weighted by Gasteiger charge is 2.34. The monoisotopic (exact) mass is 653 g/mol. The van der Waals surface area contributed by atoms with Gasteiger partial charge in [0.25, 0.3) is 0 Å². The number of morpholine rings is 1. The maximum Gasteiger partial charge on any atom is 0.416 e. The van der Waals surface area contributed by atoms with Crippen molar-refractivity contribution in [3.8, 4) is 11.9 Å². The molecule has 0 radical (unpaired) electrons. The summed E-state index contributed by atoms with van der Waals surface area (Å²) in [5.41, 5.74) is -0.248. The van der Waals surface area contributed by atoms with E-state index in [0.717, 1.165) is 12.1 Å². The first kappa shape index (κ1) is 32.9. The number of benzene rings is 2. The first-order valence-electron chi connectivity index (χ1n) is 13.3. The number of nitrogens with zero attached hydrogens (tertiary/aromatic N) is 5. The van der Waals surface area contributed by atoms with Gasteiger partial charge in [-0.2, -0.15) is 23.5 Å². The summed E-state index contributed by atoms with van der Waals surface area (Å²) in [6, 6.07) is 6.87. The molecular formula is C28H28Cl2F3N7O4. The Morgan fingerprint density at radius 2 is 2.00 bits per heavy atom. The number of carbonyl (C=O) groups excluding carboxylic acids is 1. The van der Waals surface area contributed by atoms with Crippen LogP contribution in [0, 0.1) is 11.5 Å². The van der Waals surface area contributed by atoms with E-state index in [9.17, 15) is 23.2 Å². The lowest BCUT2D eigenvalue weighted by atomic mass is 10.0. The number of aliphatic imine (C=N–C) groups is 1. The number of hydrogen-bond acceptors (Lipinski definition) is 8. The van der Waals surface area contributed by atoms with Crippen LogP contribution in [0.15, 0.2) is 59.1 Å². The molecule has 11 nitrogen and oxygen atoms in total. The van der Waals surface area contributed by atoms with Crippen LogP contribution in [0.25, 0.3) is 0 Å². The van der Waals surface area contributed by atoms with E-state index in [2.05, 4.69) is 32.2 Å². The van der Waals surface area contributed by atoms with Gasteiger partial charge in [-0.15, -0.1) is 4.99 Å². The Morgan fingerprint density at radius 3 is 2.68 bits per heavy atom. The van der Waals surface area contributed by atoms with E-state index in [1.807, 2.05) is 0 Å². The van der Waals surface area contributed by atoms with Crippen LogP contribution in [-0.2, 0) is 15.7 Å². The fourth-order valence-electron chi connectivity index (χ4n) is 4.34. The van der Waals surface area contributed by atoms with Crippen molar-refractivity contribution in [2.75, 3.05) is 57.9 Å². The van der Waals surface area contributed by atoms with Crippen molar-refractivity contribution in [2.24, 2.45) is 10.1 Å². The highest BCUT2D eigenvalue weighted by Crippen LogP contribution is 2.35. The number of guanidine groups is 1. The quantitative estimate of drug-likeness (QED) is 0.168. The lowest BCUT2D eigenvalue weighted by Gasteiger charge is -2.26. The van der Waals surface area contributed by atoms with E-state index in [4.69, 9.17) is 37.4 Å². The highest BCUT2D eigenvalue weighted by atomic mass is 35.5. The van der Waals surface area contributed by atoms with Crippen molar-refractivity contribution in [3.05, 3.63) is 70.2 Å². The van der Waals surface area contributed by atoms with Gasteiger partial charge in [-0.25, -0.2) is 9.80 Å². The van der Waals surface area contributed by atoms with Gasteiger partial charge in [0.05, 0.1) is 52.8 Å². The second-order valence-electron chi connectivity index (χ2n) is 9.45. The van der Waals surface area contributed by atoms with Crippen LogP contribution in [-0.4, -0.2) is 86.3 Å². The third-order valence-electron chi connectivity index (χ3n) is 6.48. The maximum absolute atomic E-state index is 13.7. The second kappa shape index (κ2) is 15.1. The lowest BCUT2D eigenvalue weighted by Crippen LogP contribution is -2.44. The molecule has 44 heavy (non-hydrogen) atoms. The number of nitrogens with one attached hydrogen (secondary N) is 2. The number of alkyl carbamates (subject to hydrolysis) is 1. The van der Waals surface area contributed by atoms with E-state index in [1.165, 1.54) is 23.2 Å². The molecule has 4 rings (SSSR count). The summed E-state index contributed by atoms with van der Waals surface area (Å²) >= 11 is 12.3. The zero-order chi connectivity index (χ0) is 31.7. The number of ether oxygens (including phenoxy) is 3. The van der Waals surface area contributed by atoms with Gasteiger partial charge in [-0.05, 0) is 30.3 Å². The van der Waals surface area contributed by atoms with Crippen molar-refractivity contribution in [1.82, 2.24) is 15.2 Å². The van der Waals surface area contributed by atoms with E-state index < -0.39 is 23.9 Å². The van der Waals surface area contributed by atoms with Crippen LogP contribution in [0.2, 0.25) is 10.0 Å². The van der Waals surface area contributed by atoms with E-state index in [1.54, 1.807) is 18.3 Å². The third-order valence-corrected chi connectivity index (χ3v) is 7.22. The number of hydrazone groups is 1. The lowest BCUT2D eigenvalue weighted by molar-refractivity contribution is -0.137. The van der Waals surface area contributed by atoms with Crippen LogP contribution in [0.4, 0.5) is 23.7 Å². The van der Waals surface area contributed by atoms with Crippen molar-refractivity contribution >= 4 is 46.7 Å². The van der Waals surface area contributed by atoms with Gasteiger partial charge in [0.2, 0.25) is 12.2 Å². The Bertz CT molecular complexity index is 1460. The molecule has 0 unspecified atom stereocenters. The predicted octanol–water partition coefficient (Wildman–Crippen LogP) is 4.97. The van der Waals surface area contributed by atoms with Gasteiger partial charge in [0, 0.05) is 25.2 Å². The number of hydrogen-bond donors (Lipinski definition) is 2. The minimum absolute atomic E-state index is 0.0475. The van der Waals surface area contributed by atoms with Crippen molar-refractivity contribution in [1.29, 1.82) is 5.26 Å². The van der Waals surface area contributed by atoms with Crippen molar-refractivity contribution < 1.29 is 32.2 Å². The molecule has 0 spiro atoms. The number of rotatable bonds is 9. The Labute approximate surface area is 261 Å². The molecule has 2 heterocycles. The summed E-state index contributed by atoms with van der Waals surface area (Å²) in [6.45, 7) is 6.70. The van der Waals surface area contributed by atoms with Gasteiger partial charge < -0.3 is 24.8 Å². The number of halogens is 5. The van der Waals surface area contributed by atoms with Crippen LogP contribution in [0.3, 0.4) is 0 Å². The average Bonchev–Trinajstić information content (AvgIpc) is 3.41. The first-order valence-corrected chi connectivity index (χ1v) is 14.1. The summed E-state index contributed by atoms with van der Waals surface area (Å²) in [6.07, 6.45) is -2.39. The Balaban J connectivity index is 1.62. The fraction of sp³-hybridized carbons (Fsp3) is 0.357. The molecule has 1 fully saturated rings. The topological polar surface area (TPSA) is 124 Å². The Hall–Kier alpha value is -4.03. The van der Waals surface area contributed by atoms with Gasteiger partial charge in [-0.3, -0.25) is 4.90 Å². The van der Waals surface area contributed by atoms with E-state index in [0.29, 0.717) is 49.1 Å². The molecule has 2 aromatic rings. The Kier molecular flexibility index (Phi) is 11.3. The van der Waals surface area contributed by atoms with Crippen LogP contribution < -0.4 is 15.4 Å². The molecular weight excluding hydrogens is 626 g/mol.